The van der Waals surface area contributed by atoms with Gasteiger partial charge in [-0.1, -0.05) is 17.7 Å². The zero-order chi connectivity index (χ0) is 20.2. The Labute approximate surface area is 195 Å². The van der Waals surface area contributed by atoms with Crippen molar-refractivity contribution < 1.29 is 9.53 Å². The van der Waals surface area contributed by atoms with Crippen LogP contribution in [-0.2, 0) is 16.0 Å². The van der Waals surface area contributed by atoms with Gasteiger partial charge in [0.1, 0.15) is 11.7 Å². The molecule has 10 heteroatoms. The van der Waals surface area contributed by atoms with E-state index in [-0.39, 0.29) is 36.4 Å². The Morgan fingerprint density at radius 3 is 2.66 bits per heavy atom. The third-order valence-electron chi connectivity index (χ3n) is 4.41. The summed E-state index contributed by atoms with van der Waals surface area (Å²) < 4.78 is 5.37. The van der Waals surface area contributed by atoms with E-state index in [0.717, 1.165) is 57.8 Å². The number of halogens is 2. The van der Waals surface area contributed by atoms with E-state index in [9.17, 15) is 4.79 Å². The van der Waals surface area contributed by atoms with Gasteiger partial charge < -0.3 is 20.3 Å². The van der Waals surface area contributed by atoms with Gasteiger partial charge in [-0.2, -0.15) is 0 Å². The van der Waals surface area contributed by atoms with Crippen LogP contribution >= 0.6 is 35.6 Å². The smallest absolute Gasteiger partial charge is 0.243 e. The molecule has 8 nitrogen and oxygen atoms in total. The number of pyridine rings is 1. The fraction of sp³-hybridized carbons (Fsp3) is 0.632. The van der Waals surface area contributed by atoms with E-state index in [1.165, 1.54) is 0 Å². The molecule has 2 heterocycles. The van der Waals surface area contributed by atoms with Crippen molar-refractivity contribution in [1.29, 1.82) is 0 Å². The van der Waals surface area contributed by atoms with Crippen molar-refractivity contribution in [2.75, 3.05) is 66.6 Å². The monoisotopic (exact) mass is 538 g/mol. The first-order valence-electron chi connectivity index (χ1n) is 9.67. The average Bonchev–Trinajstić information content (AvgIpc) is 2.70. The molecule has 0 atom stereocenters. The fourth-order valence-electron chi connectivity index (χ4n) is 2.68. The van der Waals surface area contributed by atoms with Gasteiger partial charge in [-0.15, -0.1) is 24.0 Å². The fourth-order valence-corrected chi connectivity index (χ4v) is 2.79. The number of rotatable bonds is 9. The van der Waals surface area contributed by atoms with Crippen LogP contribution in [0.15, 0.2) is 23.3 Å². The van der Waals surface area contributed by atoms with Crippen molar-refractivity contribution in [2.45, 2.75) is 12.8 Å². The van der Waals surface area contributed by atoms with Gasteiger partial charge in [0.15, 0.2) is 5.96 Å². The normalized spacial score (nSPS) is 14.8. The van der Waals surface area contributed by atoms with E-state index in [0.29, 0.717) is 17.7 Å². The molecule has 1 aliphatic heterocycles. The molecule has 1 aliphatic rings. The van der Waals surface area contributed by atoms with Crippen LogP contribution in [0.1, 0.15) is 12.0 Å². The van der Waals surface area contributed by atoms with Crippen LogP contribution in [-0.4, -0.2) is 93.2 Å². The van der Waals surface area contributed by atoms with Crippen LogP contribution in [0.5, 0.6) is 0 Å². The highest BCUT2D eigenvalue weighted by Crippen LogP contribution is 2.05. The zero-order valence-electron chi connectivity index (χ0n) is 17.2. The summed E-state index contributed by atoms with van der Waals surface area (Å²) in [5.74, 6) is 0.621. The lowest BCUT2D eigenvalue weighted by Crippen LogP contribution is -2.41. The summed E-state index contributed by atoms with van der Waals surface area (Å²) in [5.41, 5.74) is 1.09. The first-order valence-corrected chi connectivity index (χ1v) is 10.1. The van der Waals surface area contributed by atoms with Gasteiger partial charge in [0.25, 0.3) is 0 Å². The quantitative estimate of drug-likeness (QED) is 0.162. The molecule has 1 fully saturated rings. The molecular formula is C19H32ClIN6O2. The van der Waals surface area contributed by atoms with Gasteiger partial charge in [0.2, 0.25) is 5.91 Å². The minimum absolute atomic E-state index is 0. The van der Waals surface area contributed by atoms with Crippen molar-refractivity contribution >= 4 is 47.4 Å². The number of ether oxygens (including phenoxy) is 1. The van der Waals surface area contributed by atoms with E-state index < -0.39 is 0 Å². The number of likely N-dealkylation sites (N-methyl/N-ethyl adjacent to an activating group) is 1. The molecule has 1 saturated heterocycles. The summed E-state index contributed by atoms with van der Waals surface area (Å²) in [7, 11) is 3.46. The maximum absolute atomic E-state index is 11.8. The summed E-state index contributed by atoms with van der Waals surface area (Å²) in [6.07, 6.45) is 3.57. The molecule has 0 unspecified atom stereocenters. The molecule has 2 N–H and O–H groups in total. The second-order valence-corrected chi connectivity index (χ2v) is 7.24. The predicted molar refractivity (Wildman–Crippen MR) is 127 cm³/mol. The molecule has 164 valence electrons. The third-order valence-corrected chi connectivity index (χ3v) is 4.64. The number of carbonyl (C=O) groups excluding carboxylic acids is 1. The molecule has 1 aromatic rings. The highest BCUT2D eigenvalue weighted by atomic mass is 127. The Morgan fingerprint density at radius 1 is 1.28 bits per heavy atom. The van der Waals surface area contributed by atoms with Crippen molar-refractivity contribution in [1.82, 2.24) is 25.4 Å². The summed E-state index contributed by atoms with van der Waals surface area (Å²) in [6.45, 7) is 6.24. The number of carbonyl (C=O) groups is 1. The van der Waals surface area contributed by atoms with Crippen molar-refractivity contribution in [3.63, 3.8) is 0 Å². The van der Waals surface area contributed by atoms with E-state index in [4.69, 9.17) is 16.3 Å². The van der Waals surface area contributed by atoms with E-state index in [1.54, 1.807) is 31.3 Å². The van der Waals surface area contributed by atoms with Crippen molar-refractivity contribution in [2.24, 2.45) is 4.99 Å². The lowest BCUT2D eigenvalue weighted by Gasteiger charge is -2.26. The molecule has 29 heavy (non-hydrogen) atoms. The van der Waals surface area contributed by atoms with Crippen LogP contribution in [0.4, 0.5) is 0 Å². The number of morpholine rings is 1. The third kappa shape index (κ3) is 11.0. The molecule has 0 bridgehead atoms. The molecule has 1 aromatic heterocycles. The lowest BCUT2D eigenvalue weighted by atomic mass is 10.2. The summed E-state index contributed by atoms with van der Waals surface area (Å²) in [6, 6.07) is 3.74. The number of hydrogen-bond acceptors (Lipinski definition) is 5. The van der Waals surface area contributed by atoms with Gasteiger partial charge in [-0.3, -0.25) is 9.69 Å². The molecule has 1 amide bonds. The summed E-state index contributed by atoms with van der Waals surface area (Å²) in [5, 5.41) is 7.10. The largest absolute Gasteiger partial charge is 0.379 e. The molecule has 0 saturated carbocycles. The van der Waals surface area contributed by atoms with Gasteiger partial charge in [0.05, 0.1) is 13.2 Å². The Morgan fingerprint density at radius 2 is 2.00 bits per heavy atom. The number of guanidine groups is 1. The maximum atomic E-state index is 11.8. The topological polar surface area (TPSA) is 82.1 Å². The van der Waals surface area contributed by atoms with Crippen LogP contribution in [0.3, 0.4) is 0 Å². The highest BCUT2D eigenvalue weighted by Gasteiger charge is 2.09. The zero-order valence-corrected chi connectivity index (χ0v) is 20.3. The van der Waals surface area contributed by atoms with Gasteiger partial charge in [0, 0.05) is 46.5 Å². The van der Waals surface area contributed by atoms with Crippen LogP contribution in [0.25, 0.3) is 0 Å². The number of nitrogens with zero attached hydrogens (tertiary/aromatic N) is 4. The minimum atomic E-state index is -0.0312. The van der Waals surface area contributed by atoms with Crippen LogP contribution < -0.4 is 10.6 Å². The first-order chi connectivity index (χ1) is 13.5. The molecule has 0 aromatic carbocycles. The Balaban J connectivity index is 0.00000420. The van der Waals surface area contributed by atoms with E-state index >= 15 is 0 Å². The van der Waals surface area contributed by atoms with Crippen LogP contribution in [0, 0.1) is 0 Å². The molecule has 0 spiro atoms. The average molecular weight is 539 g/mol. The second kappa shape index (κ2) is 14.8. The second-order valence-electron chi connectivity index (χ2n) is 6.85. The van der Waals surface area contributed by atoms with Crippen LogP contribution in [0.2, 0.25) is 5.15 Å². The van der Waals surface area contributed by atoms with Gasteiger partial charge >= 0.3 is 0 Å². The van der Waals surface area contributed by atoms with Crippen molar-refractivity contribution in [3.05, 3.63) is 29.0 Å². The van der Waals surface area contributed by atoms with Gasteiger partial charge in [-0.05, 0) is 31.0 Å². The first kappa shape index (κ1) is 25.9. The Bertz CT molecular complexity index is 624. The lowest BCUT2D eigenvalue weighted by molar-refractivity contribution is -0.127. The number of amides is 1. The van der Waals surface area contributed by atoms with Crippen molar-refractivity contribution in [3.8, 4) is 0 Å². The molecular weight excluding hydrogens is 507 g/mol. The van der Waals surface area contributed by atoms with Gasteiger partial charge in [-0.25, -0.2) is 9.98 Å². The maximum Gasteiger partial charge on any atom is 0.243 e. The predicted octanol–water partition coefficient (Wildman–Crippen LogP) is 1.24. The summed E-state index contributed by atoms with van der Waals surface area (Å²) >= 11 is 5.82. The minimum Gasteiger partial charge on any atom is -0.379 e. The number of hydrogen-bond donors (Lipinski definition) is 2. The number of nitrogens with one attached hydrogen (secondary N) is 2. The highest BCUT2D eigenvalue weighted by molar-refractivity contribution is 14.0. The molecule has 0 aliphatic carbocycles. The molecule has 0 radical (unpaired) electrons. The standard InChI is InChI=1S/C19H31ClN6O2.HI/c1-25(2)18(27)15-24-19(21-7-3-9-26-10-12-28-13-11-26)22-8-6-16-4-5-17(20)23-14-16;/h4-5,14H,3,6-13,15H2,1-2H3,(H2,21,22,24);1H. The Hall–Kier alpha value is -1.17. The number of aliphatic imine (C=N–C) groups is 1. The SMILES string of the molecule is CN(C)C(=O)CN=C(NCCCN1CCOCC1)NCCc1ccc(Cl)nc1.I. The Kier molecular flexibility index (Phi) is 13.2. The summed E-state index contributed by atoms with van der Waals surface area (Å²) in [4.78, 5) is 24.3. The van der Waals surface area contributed by atoms with E-state index in [1.807, 2.05) is 6.07 Å². The van der Waals surface area contributed by atoms with E-state index in [2.05, 4.69) is 25.5 Å². The molecule has 2 rings (SSSR count). The number of aromatic nitrogens is 1.